The van der Waals surface area contributed by atoms with Gasteiger partial charge in [-0.3, -0.25) is 0 Å². The molecule has 1 aromatic carbocycles. The smallest absolute Gasteiger partial charge is 0.0904 e. The summed E-state index contributed by atoms with van der Waals surface area (Å²) in [6, 6.07) is 10.5. The largest absolute Gasteiger partial charge is 0.502 e. The van der Waals surface area contributed by atoms with Crippen LogP contribution >= 0.6 is 12.0 Å². The third-order valence-electron chi connectivity index (χ3n) is 2.91. The van der Waals surface area contributed by atoms with Crippen LogP contribution in [0.2, 0.25) is 0 Å². The molecule has 0 bridgehead atoms. The lowest BCUT2D eigenvalue weighted by Crippen LogP contribution is -2.11. The van der Waals surface area contributed by atoms with E-state index in [0.717, 1.165) is 50.1 Å². The molecule has 100 valence electrons. The van der Waals surface area contributed by atoms with E-state index >= 15 is 0 Å². The molecule has 0 aromatic heterocycles. The molecule has 0 fully saturated rings. The van der Waals surface area contributed by atoms with E-state index in [0.29, 0.717) is 5.92 Å². The van der Waals surface area contributed by atoms with Crippen molar-refractivity contribution in [1.29, 1.82) is 0 Å². The van der Waals surface area contributed by atoms with Gasteiger partial charge >= 0.3 is 0 Å². The Labute approximate surface area is 114 Å². The summed E-state index contributed by atoms with van der Waals surface area (Å²) < 4.78 is 14.0. The normalized spacial score (nSPS) is 12.1. The fourth-order valence-electron chi connectivity index (χ4n) is 2.00. The predicted octanol–water partition coefficient (Wildman–Crippen LogP) is 4.38. The number of unbranched alkanes of at least 4 members (excludes halogenated alkanes) is 1. The summed E-state index contributed by atoms with van der Waals surface area (Å²) in [6.07, 6.45) is 5.87. The Morgan fingerprint density at radius 3 is 2.72 bits per heavy atom. The molecule has 1 N–H and O–H groups in total. The summed E-state index contributed by atoms with van der Waals surface area (Å²) in [5, 5.41) is 0. The van der Waals surface area contributed by atoms with Crippen molar-refractivity contribution in [2.45, 2.75) is 25.7 Å². The highest BCUT2D eigenvalue weighted by Crippen LogP contribution is 2.16. The molecular formula is C15H22O2S. The van der Waals surface area contributed by atoms with Gasteiger partial charge in [0.25, 0.3) is 0 Å². The first-order valence-corrected chi connectivity index (χ1v) is 7.34. The Kier molecular flexibility index (Phi) is 8.43. The van der Waals surface area contributed by atoms with Crippen LogP contribution in [0.15, 0.2) is 43.2 Å². The summed E-state index contributed by atoms with van der Waals surface area (Å²) in [5.41, 5.74) is 1.35. The fraction of sp³-hybridized carbons (Fsp3) is 0.467. The van der Waals surface area contributed by atoms with Gasteiger partial charge in [0.15, 0.2) is 0 Å². The molecule has 0 heterocycles. The van der Waals surface area contributed by atoms with Crippen LogP contribution < -0.4 is 0 Å². The Hall–Kier alpha value is -0.930. The molecule has 3 heteroatoms. The predicted molar refractivity (Wildman–Crippen MR) is 78.7 cm³/mol. The average Bonchev–Trinajstić information content (AvgIpc) is 2.41. The highest BCUT2D eigenvalue weighted by Gasteiger charge is 2.09. The number of rotatable bonds is 10. The van der Waals surface area contributed by atoms with Crippen molar-refractivity contribution in [2.24, 2.45) is 5.92 Å². The van der Waals surface area contributed by atoms with E-state index in [1.54, 1.807) is 0 Å². The van der Waals surface area contributed by atoms with Crippen molar-refractivity contribution >= 4 is 12.0 Å². The monoisotopic (exact) mass is 266 g/mol. The summed E-state index contributed by atoms with van der Waals surface area (Å²) in [7, 11) is 0. The lowest BCUT2D eigenvalue weighted by atomic mass is 9.95. The zero-order valence-corrected chi connectivity index (χ0v) is 11.6. The Balaban J connectivity index is 2.37. The minimum atomic E-state index is 0.522. The van der Waals surface area contributed by atoms with Gasteiger partial charge in [-0.1, -0.05) is 43.3 Å². The van der Waals surface area contributed by atoms with Gasteiger partial charge in [-0.05, 0) is 42.8 Å². The molecular weight excluding hydrogens is 244 g/mol. The van der Waals surface area contributed by atoms with Gasteiger partial charge in [-0.2, -0.15) is 0 Å². The minimum Gasteiger partial charge on any atom is -0.502 e. The van der Waals surface area contributed by atoms with Gasteiger partial charge in [0, 0.05) is 5.75 Å². The topological polar surface area (TPSA) is 29.5 Å². The summed E-state index contributed by atoms with van der Waals surface area (Å²) in [4.78, 5) is 0. The van der Waals surface area contributed by atoms with Crippen LogP contribution in [0.1, 0.15) is 24.8 Å². The van der Waals surface area contributed by atoms with E-state index in [1.165, 1.54) is 11.8 Å². The fourth-order valence-corrected chi connectivity index (χ4v) is 2.33. The van der Waals surface area contributed by atoms with E-state index in [1.807, 2.05) is 6.07 Å². The molecule has 1 rings (SSSR count). The van der Waals surface area contributed by atoms with E-state index < -0.39 is 0 Å². The highest BCUT2D eigenvalue weighted by atomic mass is 32.2. The van der Waals surface area contributed by atoms with Crippen molar-refractivity contribution in [1.82, 2.24) is 0 Å². The van der Waals surface area contributed by atoms with Crippen LogP contribution in [0, 0.1) is 5.92 Å². The molecule has 0 amide bonds. The van der Waals surface area contributed by atoms with Crippen molar-refractivity contribution in [3.05, 3.63) is 48.7 Å². The molecule has 1 atom stereocenters. The van der Waals surface area contributed by atoms with Crippen molar-refractivity contribution in [2.75, 3.05) is 12.4 Å². The second-order valence-electron chi connectivity index (χ2n) is 4.38. The van der Waals surface area contributed by atoms with Crippen LogP contribution in [0.3, 0.4) is 0 Å². The van der Waals surface area contributed by atoms with Gasteiger partial charge in [0.05, 0.1) is 12.9 Å². The van der Waals surface area contributed by atoms with Crippen LogP contribution in [0.5, 0.6) is 0 Å². The molecule has 18 heavy (non-hydrogen) atoms. The second-order valence-corrected chi connectivity index (χ2v) is 5.05. The maximum absolute atomic E-state index is 8.69. The van der Waals surface area contributed by atoms with Crippen molar-refractivity contribution in [3.63, 3.8) is 0 Å². The highest BCUT2D eigenvalue weighted by molar-refractivity contribution is 7.93. The van der Waals surface area contributed by atoms with Crippen LogP contribution in [0.25, 0.3) is 0 Å². The van der Waals surface area contributed by atoms with Gasteiger partial charge < -0.3 is 9.29 Å². The second kappa shape index (κ2) is 10.0. The third-order valence-corrected chi connectivity index (χ3v) is 3.39. The third kappa shape index (κ3) is 6.72. The number of benzene rings is 1. The van der Waals surface area contributed by atoms with E-state index in [-0.39, 0.29) is 0 Å². The lowest BCUT2D eigenvalue weighted by molar-refractivity contribution is 0.186. The summed E-state index contributed by atoms with van der Waals surface area (Å²) in [5.74, 6) is 1.34. The van der Waals surface area contributed by atoms with Gasteiger partial charge in [-0.25, -0.2) is 0 Å². The molecule has 0 aliphatic carbocycles. The van der Waals surface area contributed by atoms with Crippen LogP contribution in [-0.4, -0.2) is 16.9 Å². The minimum absolute atomic E-state index is 0.522. The molecule has 0 aliphatic heterocycles. The zero-order chi connectivity index (χ0) is 13.1. The van der Waals surface area contributed by atoms with Gasteiger partial charge in [-0.15, -0.1) is 0 Å². The Bertz CT molecular complexity index is 314. The first kappa shape index (κ1) is 15.1. The molecule has 0 spiro atoms. The zero-order valence-electron chi connectivity index (χ0n) is 10.8. The number of hydrogen-bond donors (Lipinski definition) is 1. The number of hydrogen-bond acceptors (Lipinski definition) is 3. The average molecular weight is 266 g/mol. The summed E-state index contributed by atoms with van der Waals surface area (Å²) in [6.45, 7) is 4.32. The van der Waals surface area contributed by atoms with Crippen molar-refractivity contribution < 1.29 is 9.29 Å². The SMILES string of the molecule is C=COCC(CCCCSO)Cc1ccccc1. The van der Waals surface area contributed by atoms with Crippen molar-refractivity contribution in [3.8, 4) is 0 Å². The maximum atomic E-state index is 8.69. The van der Waals surface area contributed by atoms with Gasteiger partial charge in [0.1, 0.15) is 0 Å². The molecule has 1 aromatic rings. The quantitative estimate of drug-likeness (QED) is 0.387. The molecule has 0 radical (unpaired) electrons. The standard InChI is InChI=1S/C15H22O2S/c1-2-17-13-15(10-6-7-11-18-16)12-14-8-4-3-5-9-14/h2-5,8-9,15-16H,1,6-7,10-13H2. The van der Waals surface area contributed by atoms with Crippen LogP contribution in [-0.2, 0) is 11.2 Å². The number of ether oxygens (including phenoxy) is 1. The summed E-state index contributed by atoms with van der Waals surface area (Å²) >= 11 is 0.928. The maximum Gasteiger partial charge on any atom is 0.0904 e. The molecule has 0 saturated heterocycles. The molecule has 0 aliphatic rings. The van der Waals surface area contributed by atoms with Gasteiger partial charge in [0.2, 0.25) is 0 Å². The van der Waals surface area contributed by atoms with E-state index in [9.17, 15) is 0 Å². The Morgan fingerprint density at radius 1 is 1.28 bits per heavy atom. The lowest BCUT2D eigenvalue weighted by Gasteiger charge is -2.16. The first-order valence-electron chi connectivity index (χ1n) is 6.39. The van der Waals surface area contributed by atoms with Crippen LogP contribution in [0.4, 0.5) is 0 Å². The van der Waals surface area contributed by atoms with E-state index in [2.05, 4.69) is 30.8 Å². The molecule has 1 unspecified atom stereocenters. The molecule has 2 nitrogen and oxygen atoms in total. The molecule has 0 saturated carbocycles. The Morgan fingerprint density at radius 2 is 2.06 bits per heavy atom. The first-order chi connectivity index (χ1) is 8.86. The van der Waals surface area contributed by atoms with E-state index in [4.69, 9.17) is 9.29 Å².